The van der Waals surface area contributed by atoms with Gasteiger partial charge in [-0.3, -0.25) is 0 Å². The average molecular weight is 254 g/mol. The van der Waals surface area contributed by atoms with Crippen molar-refractivity contribution < 1.29 is 24.5 Å². The zero-order chi connectivity index (χ0) is 13.5. The second kappa shape index (κ2) is 6.98. The van der Waals surface area contributed by atoms with Gasteiger partial charge in [0.2, 0.25) is 0 Å². The fourth-order valence-electron chi connectivity index (χ4n) is 1.31. The van der Waals surface area contributed by atoms with Gasteiger partial charge in [-0.05, 0) is 26.0 Å². The lowest BCUT2D eigenvalue weighted by molar-refractivity contribution is -0.0124. The molecule has 1 aromatic carbocycles. The molecule has 0 saturated heterocycles. The summed E-state index contributed by atoms with van der Waals surface area (Å²) in [7, 11) is 0. The number of carbonyl (C=O) groups is 1. The lowest BCUT2D eigenvalue weighted by Crippen LogP contribution is -2.25. The third kappa shape index (κ3) is 4.73. The molecule has 0 fully saturated rings. The topological polar surface area (TPSA) is 76.0 Å². The first-order valence-electron chi connectivity index (χ1n) is 5.75. The number of aromatic carboxylic acids is 1. The van der Waals surface area contributed by atoms with E-state index in [-0.39, 0.29) is 30.6 Å². The summed E-state index contributed by atoms with van der Waals surface area (Å²) in [5, 5.41) is 18.5. The summed E-state index contributed by atoms with van der Waals surface area (Å²) in [6.45, 7) is 3.89. The molecule has 5 nitrogen and oxygen atoms in total. The van der Waals surface area contributed by atoms with Gasteiger partial charge < -0.3 is 19.7 Å². The van der Waals surface area contributed by atoms with Crippen molar-refractivity contribution in [1.82, 2.24) is 0 Å². The summed E-state index contributed by atoms with van der Waals surface area (Å²) < 4.78 is 10.5. The Hall–Kier alpha value is -1.59. The third-order valence-corrected chi connectivity index (χ3v) is 2.17. The predicted octanol–water partition coefficient (Wildman–Crippen LogP) is 1.55. The number of aliphatic hydroxyl groups excluding tert-OH is 1. The zero-order valence-corrected chi connectivity index (χ0v) is 10.5. The van der Waals surface area contributed by atoms with Crippen LogP contribution in [0.15, 0.2) is 24.3 Å². The molecule has 0 saturated carbocycles. The standard InChI is InChI=1S/C13H18O5/c1-9(2)17-7-10(14)8-18-12-6-4-3-5-11(12)13(15)16/h3-6,9-10,14H,7-8H2,1-2H3,(H,15,16). The lowest BCUT2D eigenvalue weighted by Gasteiger charge is -2.15. The van der Waals surface area contributed by atoms with Crippen LogP contribution in [0.4, 0.5) is 0 Å². The van der Waals surface area contributed by atoms with E-state index < -0.39 is 12.1 Å². The van der Waals surface area contributed by atoms with E-state index in [4.69, 9.17) is 14.6 Å². The van der Waals surface area contributed by atoms with E-state index in [0.29, 0.717) is 0 Å². The average Bonchev–Trinajstić information content (AvgIpc) is 2.34. The molecule has 1 unspecified atom stereocenters. The largest absolute Gasteiger partial charge is 0.490 e. The quantitative estimate of drug-likeness (QED) is 0.772. The van der Waals surface area contributed by atoms with Crippen LogP contribution in [0.25, 0.3) is 0 Å². The molecule has 0 radical (unpaired) electrons. The van der Waals surface area contributed by atoms with Crippen LogP contribution in [0.1, 0.15) is 24.2 Å². The predicted molar refractivity (Wildman–Crippen MR) is 66.0 cm³/mol. The highest BCUT2D eigenvalue weighted by atomic mass is 16.5. The Labute approximate surface area is 106 Å². The van der Waals surface area contributed by atoms with E-state index in [9.17, 15) is 9.90 Å². The van der Waals surface area contributed by atoms with Crippen molar-refractivity contribution in [3.05, 3.63) is 29.8 Å². The molecule has 0 spiro atoms. The molecule has 100 valence electrons. The summed E-state index contributed by atoms with van der Waals surface area (Å²) in [4.78, 5) is 10.9. The minimum absolute atomic E-state index is 0.00296. The van der Waals surface area contributed by atoms with Gasteiger partial charge in [0.25, 0.3) is 0 Å². The van der Waals surface area contributed by atoms with E-state index >= 15 is 0 Å². The molecule has 0 amide bonds. The Morgan fingerprint density at radius 1 is 1.28 bits per heavy atom. The third-order valence-electron chi connectivity index (χ3n) is 2.17. The molecule has 1 aromatic rings. The first-order valence-corrected chi connectivity index (χ1v) is 5.75. The molecular formula is C13H18O5. The van der Waals surface area contributed by atoms with Gasteiger partial charge >= 0.3 is 5.97 Å². The van der Waals surface area contributed by atoms with Gasteiger partial charge in [0.15, 0.2) is 0 Å². The SMILES string of the molecule is CC(C)OCC(O)COc1ccccc1C(=O)O. The Bertz CT molecular complexity index is 389. The van der Waals surface area contributed by atoms with Crippen molar-refractivity contribution in [3.63, 3.8) is 0 Å². The van der Waals surface area contributed by atoms with Crippen molar-refractivity contribution in [2.45, 2.75) is 26.1 Å². The van der Waals surface area contributed by atoms with Crippen molar-refractivity contribution in [1.29, 1.82) is 0 Å². The number of rotatable bonds is 7. The highest BCUT2D eigenvalue weighted by Gasteiger charge is 2.12. The van der Waals surface area contributed by atoms with E-state index in [1.165, 1.54) is 6.07 Å². The summed E-state index contributed by atoms with van der Waals surface area (Å²) in [6, 6.07) is 6.31. The summed E-state index contributed by atoms with van der Waals surface area (Å²) in [5.74, 6) is -0.813. The van der Waals surface area contributed by atoms with Crippen molar-refractivity contribution in [2.75, 3.05) is 13.2 Å². The van der Waals surface area contributed by atoms with Crippen molar-refractivity contribution in [2.24, 2.45) is 0 Å². The highest BCUT2D eigenvalue weighted by molar-refractivity contribution is 5.90. The minimum atomic E-state index is -1.06. The van der Waals surface area contributed by atoms with Crippen LogP contribution >= 0.6 is 0 Å². The van der Waals surface area contributed by atoms with Crippen LogP contribution in [0, 0.1) is 0 Å². The van der Waals surface area contributed by atoms with Crippen molar-refractivity contribution >= 4 is 5.97 Å². The van der Waals surface area contributed by atoms with Gasteiger partial charge in [0.1, 0.15) is 24.0 Å². The maximum Gasteiger partial charge on any atom is 0.339 e. The normalized spacial score (nSPS) is 12.4. The summed E-state index contributed by atoms with van der Waals surface area (Å²) in [6.07, 6.45) is -0.750. The Kier molecular flexibility index (Phi) is 5.61. The maximum absolute atomic E-state index is 10.9. The molecule has 18 heavy (non-hydrogen) atoms. The second-order valence-electron chi connectivity index (χ2n) is 4.15. The van der Waals surface area contributed by atoms with Gasteiger partial charge in [-0.1, -0.05) is 12.1 Å². The Morgan fingerprint density at radius 2 is 1.94 bits per heavy atom. The highest BCUT2D eigenvalue weighted by Crippen LogP contribution is 2.17. The molecule has 0 aliphatic heterocycles. The number of carboxylic acids is 1. The first-order chi connectivity index (χ1) is 8.50. The van der Waals surface area contributed by atoms with Crippen LogP contribution in [0.5, 0.6) is 5.75 Å². The molecule has 0 aliphatic rings. The number of benzene rings is 1. The number of hydrogen-bond donors (Lipinski definition) is 2. The second-order valence-corrected chi connectivity index (χ2v) is 4.15. The molecular weight excluding hydrogens is 236 g/mol. The Balaban J connectivity index is 2.50. The summed E-state index contributed by atoms with van der Waals surface area (Å²) >= 11 is 0. The zero-order valence-electron chi connectivity index (χ0n) is 10.5. The maximum atomic E-state index is 10.9. The molecule has 1 atom stereocenters. The monoisotopic (exact) mass is 254 g/mol. The molecule has 2 N–H and O–H groups in total. The number of hydrogen-bond acceptors (Lipinski definition) is 4. The van der Waals surface area contributed by atoms with E-state index in [2.05, 4.69) is 0 Å². The van der Waals surface area contributed by atoms with E-state index in [1.54, 1.807) is 18.2 Å². The van der Waals surface area contributed by atoms with E-state index in [1.807, 2.05) is 13.8 Å². The van der Waals surface area contributed by atoms with Gasteiger partial charge in [-0.15, -0.1) is 0 Å². The Morgan fingerprint density at radius 3 is 2.56 bits per heavy atom. The van der Waals surface area contributed by atoms with Crippen LogP contribution < -0.4 is 4.74 Å². The number of ether oxygens (including phenoxy) is 2. The van der Waals surface area contributed by atoms with Gasteiger partial charge in [-0.25, -0.2) is 4.79 Å². The number of para-hydroxylation sites is 1. The number of aliphatic hydroxyl groups is 1. The van der Waals surface area contributed by atoms with Crippen LogP contribution in [0.3, 0.4) is 0 Å². The van der Waals surface area contributed by atoms with Crippen LogP contribution in [-0.2, 0) is 4.74 Å². The van der Waals surface area contributed by atoms with Gasteiger partial charge in [0, 0.05) is 0 Å². The fourth-order valence-corrected chi connectivity index (χ4v) is 1.31. The molecule has 5 heteroatoms. The minimum Gasteiger partial charge on any atom is -0.490 e. The molecule has 0 aromatic heterocycles. The smallest absolute Gasteiger partial charge is 0.339 e. The number of carboxylic acid groups (broad SMARTS) is 1. The van der Waals surface area contributed by atoms with Crippen molar-refractivity contribution in [3.8, 4) is 5.75 Å². The molecule has 1 rings (SSSR count). The van der Waals surface area contributed by atoms with Gasteiger partial charge in [-0.2, -0.15) is 0 Å². The lowest BCUT2D eigenvalue weighted by atomic mass is 10.2. The van der Waals surface area contributed by atoms with Crippen LogP contribution in [0.2, 0.25) is 0 Å². The molecule has 0 heterocycles. The summed E-state index contributed by atoms with van der Waals surface area (Å²) in [5.41, 5.74) is 0.0782. The van der Waals surface area contributed by atoms with E-state index in [0.717, 1.165) is 0 Å². The fraction of sp³-hybridized carbons (Fsp3) is 0.462. The molecule has 0 bridgehead atoms. The molecule has 0 aliphatic carbocycles. The van der Waals surface area contributed by atoms with Gasteiger partial charge in [0.05, 0.1) is 12.7 Å². The first kappa shape index (κ1) is 14.5. The van der Waals surface area contributed by atoms with Crippen LogP contribution in [-0.4, -0.2) is 41.6 Å².